The molecule has 1 N–H and O–H groups in total. The first-order valence-corrected chi connectivity index (χ1v) is 24.1. The van der Waals surface area contributed by atoms with E-state index in [-0.39, 0.29) is 30.5 Å². The Bertz CT molecular complexity index is 1060. The molecule has 0 aliphatic carbocycles. The second-order valence-corrected chi connectivity index (χ2v) is 21.2. The number of ketones is 1. The molecule has 1 fully saturated rings. The second-order valence-electron chi connectivity index (χ2n) is 16.3. The van der Waals surface area contributed by atoms with Crippen molar-refractivity contribution in [2.75, 3.05) is 19.8 Å². The third-order valence-corrected chi connectivity index (χ3v) is 15.0. The van der Waals surface area contributed by atoms with Gasteiger partial charge >= 0.3 is 6.16 Å². The Balaban J connectivity index is 3.19. The monoisotopic (exact) mass is 782 g/mol. The summed E-state index contributed by atoms with van der Waals surface area (Å²) in [5.41, 5.74) is 0. The first-order valence-electron chi connectivity index (χ1n) is 21.2. The van der Waals surface area contributed by atoms with Gasteiger partial charge in [-0.05, 0) is 37.9 Å². The van der Waals surface area contributed by atoms with Crippen LogP contribution in [0.1, 0.15) is 164 Å². The Morgan fingerprint density at radius 3 is 1.91 bits per heavy atom. The number of carbonyl (C=O) groups is 3. The summed E-state index contributed by atoms with van der Waals surface area (Å²) in [5, 5.41) is 2.91. The standard InChI is InChI=1S/C43H79NO9Si/c1-10-14-16-18-20-22-23-25-27-29-35(45)33-37(46)44-38-40(48-32-28-26-24-21-19-17-15-11-2)39(53-42(47)50-31-13-4)36(52-41(38)49-30-12-3)34-51-54(8,9)43(5,6)7/h12-13,30,36,38-41H,4,10-11,14-29,31-34H2,1-3,5-9H3,(H,44,46)/b30-12-/t36-,38-,39-,40-,41+/m1/s1. The van der Waals surface area contributed by atoms with E-state index < -0.39 is 51.0 Å². The van der Waals surface area contributed by atoms with Gasteiger partial charge in [-0.2, -0.15) is 0 Å². The van der Waals surface area contributed by atoms with Gasteiger partial charge in [0.05, 0.1) is 19.3 Å². The quantitative estimate of drug-likeness (QED) is 0.0183. The zero-order chi connectivity index (χ0) is 40.2. The second kappa shape index (κ2) is 29.1. The maximum atomic E-state index is 13.5. The third-order valence-electron chi connectivity index (χ3n) is 10.5. The zero-order valence-electron chi connectivity index (χ0n) is 35.6. The van der Waals surface area contributed by atoms with Crippen LogP contribution in [0.25, 0.3) is 0 Å². The van der Waals surface area contributed by atoms with Gasteiger partial charge in [0.2, 0.25) is 12.2 Å². The SMILES string of the molecule is C=CCOC(=O)O[C@H]1[C@H](OCCCCCCCCCC)[C@@H](NC(=O)CC(=O)CCCCCCCCCCC)[C@@H](O/C=C\C)O[C@@H]1CO[Si](C)(C)C(C)(C)C. The van der Waals surface area contributed by atoms with Crippen LogP contribution in [0.15, 0.2) is 25.0 Å². The van der Waals surface area contributed by atoms with E-state index in [2.05, 4.69) is 59.6 Å². The van der Waals surface area contributed by atoms with Crippen LogP contribution < -0.4 is 5.32 Å². The summed E-state index contributed by atoms with van der Waals surface area (Å²) in [4.78, 5) is 39.4. The average molecular weight is 782 g/mol. The summed E-state index contributed by atoms with van der Waals surface area (Å²) in [7, 11) is -2.26. The smallest absolute Gasteiger partial charge is 0.471 e. The lowest BCUT2D eigenvalue weighted by molar-refractivity contribution is -0.264. The summed E-state index contributed by atoms with van der Waals surface area (Å²) in [6.07, 6.45) is 19.6. The molecule has 0 radical (unpaired) electrons. The molecule has 1 rings (SSSR count). The molecule has 0 aromatic rings. The molecule has 11 heteroatoms. The fraction of sp³-hybridized carbons (Fsp3) is 0.837. The van der Waals surface area contributed by atoms with Crippen molar-refractivity contribution in [1.82, 2.24) is 5.32 Å². The fourth-order valence-corrected chi connectivity index (χ4v) is 7.19. The number of amides is 1. The molecule has 5 atom stereocenters. The molecule has 1 saturated heterocycles. The van der Waals surface area contributed by atoms with Crippen molar-refractivity contribution >= 4 is 26.2 Å². The average Bonchev–Trinajstić information content (AvgIpc) is 3.12. The van der Waals surface area contributed by atoms with E-state index in [9.17, 15) is 14.4 Å². The molecule has 54 heavy (non-hydrogen) atoms. The first kappa shape index (κ1) is 49.8. The van der Waals surface area contributed by atoms with E-state index in [4.69, 9.17) is 28.1 Å². The van der Waals surface area contributed by atoms with Gasteiger partial charge in [0.1, 0.15) is 30.6 Å². The van der Waals surface area contributed by atoms with E-state index in [1.54, 1.807) is 6.08 Å². The highest BCUT2D eigenvalue weighted by Crippen LogP contribution is 2.38. The summed E-state index contributed by atoms with van der Waals surface area (Å²) < 4.78 is 36.8. The number of carbonyl (C=O) groups excluding carboxylic acids is 3. The van der Waals surface area contributed by atoms with Gasteiger partial charge in [0.25, 0.3) is 0 Å². The molecule has 1 amide bonds. The minimum atomic E-state index is -2.26. The highest BCUT2D eigenvalue weighted by atomic mass is 28.4. The van der Waals surface area contributed by atoms with Crippen molar-refractivity contribution in [1.29, 1.82) is 0 Å². The molecular formula is C43H79NO9Si. The molecule has 0 spiro atoms. The van der Waals surface area contributed by atoms with Crippen LogP contribution in [-0.2, 0) is 37.7 Å². The van der Waals surface area contributed by atoms with Crippen molar-refractivity contribution in [2.24, 2.45) is 0 Å². The van der Waals surface area contributed by atoms with E-state index in [0.717, 1.165) is 38.5 Å². The predicted molar refractivity (Wildman–Crippen MR) is 220 cm³/mol. The summed E-state index contributed by atoms with van der Waals surface area (Å²) in [5.74, 6) is -0.570. The van der Waals surface area contributed by atoms with Crippen LogP contribution in [0.5, 0.6) is 0 Å². The van der Waals surface area contributed by atoms with Crippen LogP contribution in [-0.4, -0.2) is 76.6 Å². The van der Waals surface area contributed by atoms with Crippen LogP contribution in [0.2, 0.25) is 18.1 Å². The topological polar surface area (TPSA) is 119 Å². The Kier molecular flexibility index (Phi) is 26.8. The highest BCUT2D eigenvalue weighted by molar-refractivity contribution is 6.74. The largest absolute Gasteiger partial charge is 0.509 e. The van der Waals surface area contributed by atoms with E-state index in [1.165, 1.54) is 83.0 Å². The Morgan fingerprint density at radius 2 is 1.37 bits per heavy atom. The van der Waals surface area contributed by atoms with Gasteiger partial charge in [-0.15, -0.1) is 0 Å². The third kappa shape index (κ3) is 21.2. The Labute approximate surface area is 330 Å². The number of Topliss-reactive ketones (excluding diaryl/α,β-unsaturated/α-hetero) is 1. The number of unbranched alkanes of at least 4 members (excludes halogenated alkanes) is 15. The van der Waals surface area contributed by atoms with Gasteiger partial charge in [-0.25, -0.2) is 4.79 Å². The number of allylic oxidation sites excluding steroid dienone is 1. The minimum absolute atomic E-state index is 0.0322. The number of rotatable bonds is 31. The lowest BCUT2D eigenvalue weighted by Crippen LogP contribution is -2.66. The van der Waals surface area contributed by atoms with Gasteiger partial charge in [-0.1, -0.05) is 150 Å². The van der Waals surface area contributed by atoms with Crippen molar-refractivity contribution in [3.63, 3.8) is 0 Å². The molecule has 0 unspecified atom stereocenters. The molecule has 1 aliphatic rings. The Hall–Kier alpha value is -2.21. The normalized spacial score (nSPS) is 20.5. The molecule has 0 aromatic carbocycles. The van der Waals surface area contributed by atoms with Crippen molar-refractivity contribution in [3.8, 4) is 0 Å². The molecule has 0 saturated carbocycles. The van der Waals surface area contributed by atoms with E-state index in [0.29, 0.717) is 13.0 Å². The minimum Gasteiger partial charge on any atom is -0.471 e. The number of ether oxygens (including phenoxy) is 5. The first-order chi connectivity index (χ1) is 25.8. The maximum Gasteiger partial charge on any atom is 0.509 e. The molecule has 0 bridgehead atoms. The summed E-state index contributed by atoms with van der Waals surface area (Å²) in [6, 6.07) is -0.899. The molecule has 10 nitrogen and oxygen atoms in total. The number of hydrogen-bond donors (Lipinski definition) is 1. The van der Waals surface area contributed by atoms with Crippen molar-refractivity contribution in [2.45, 2.75) is 212 Å². The number of hydrogen-bond acceptors (Lipinski definition) is 9. The fourth-order valence-electron chi connectivity index (χ4n) is 6.18. The van der Waals surface area contributed by atoms with Gasteiger partial charge in [0, 0.05) is 13.0 Å². The zero-order valence-corrected chi connectivity index (χ0v) is 36.6. The van der Waals surface area contributed by atoms with E-state index in [1.807, 2.05) is 6.92 Å². The van der Waals surface area contributed by atoms with Crippen LogP contribution in [0.3, 0.4) is 0 Å². The maximum absolute atomic E-state index is 13.5. The molecule has 314 valence electrons. The van der Waals surface area contributed by atoms with Gasteiger partial charge in [-0.3, -0.25) is 9.59 Å². The van der Waals surface area contributed by atoms with Crippen molar-refractivity contribution in [3.05, 3.63) is 25.0 Å². The van der Waals surface area contributed by atoms with Crippen LogP contribution in [0, 0.1) is 0 Å². The molecule has 1 heterocycles. The Morgan fingerprint density at radius 1 is 0.815 bits per heavy atom. The number of nitrogens with one attached hydrogen (secondary N) is 1. The van der Waals surface area contributed by atoms with Crippen LogP contribution >= 0.6 is 0 Å². The molecule has 0 aromatic heterocycles. The molecular weight excluding hydrogens is 703 g/mol. The lowest BCUT2D eigenvalue weighted by atomic mass is 9.95. The predicted octanol–water partition coefficient (Wildman–Crippen LogP) is 10.9. The van der Waals surface area contributed by atoms with Gasteiger partial charge < -0.3 is 33.4 Å². The van der Waals surface area contributed by atoms with Crippen LogP contribution in [0.4, 0.5) is 4.79 Å². The van der Waals surface area contributed by atoms with Gasteiger partial charge in [0.15, 0.2) is 14.4 Å². The van der Waals surface area contributed by atoms with E-state index >= 15 is 0 Å². The summed E-state index contributed by atoms with van der Waals surface area (Å²) in [6.45, 7) is 21.1. The summed E-state index contributed by atoms with van der Waals surface area (Å²) >= 11 is 0. The molecule has 1 aliphatic heterocycles. The highest BCUT2D eigenvalue weighted by Gasteiger charge is 2.51. The van der Waals surface area contributed by atoms with Crippen molar-refractivity contribution < 1.29 is 42.5 Å². The lowest BCUT2D eigenvalue weighted by Gasteiger charge is -2.46.